The first-order chi connectivity index (χ1) is 12.7. The highest BCUT2D eigenvalue weighted by Crippen LogP contribution is 2.31. The van der Waals surface area contributed by atoms with Crippen LogP contribution in [0.4, 0.5) is 0 Å². The van der Waals surface area contributed by atoms with Crippen LogP contribution in [0.25, 0.3) is 0 Å². The fraction of sp³-hybridized carbons (Fsp3) is 0.333. The minimum atomic E-state index is -0.581. The topological polar surface area (TPSA) is 58.6 Å². The summed E-state index contributed by atoms with van der Waals surface area (Å²) in [5, 5.41) is 2.98. The Morgan fingerprint density at radius 1 is 1.19 bits per heavy atom. The van der Waals surface area contributed by atoms with E-state index in [0.29, 0.717) is 19.5 Å². The van der Waals surface area contributed by atoms with Gasteiger partial charge in [-0.15, -0.1) is 0 Å². The molecule has 1 aliphatic heterocycles. The van der Waals surface area contributed by atoms with Gasteiger partial charge in [-0.2, -0.15) is 0 Å². The lowest BCUT2D eigenvalue weighted by molar-refractivity contribution is -0.141. The summed E-state index contributed by atoms with van der Waals surface area (Å²) in [6, 6.07) is 14.7. The summed E-state index contributed by atoms with van der Waals surface area (Å²) in [6.45, 7) is 2.94. The van der Waals surface area contributed by atoms with Gasteiger partial charge >= 0.3 is 0 Å². The third kappa shape index (κ3) is 3.57. The molecule has 5 heteroatoms. The summed E-state index contributed by atoms with van der Waals surface area (Å²) in [5.41, 5.74) is 2.75. The highest BCUT2D eigenvalue weighted by atomic mass is 16.5. The maximum Gasteiger partial charge on any atom is 0.247 e. The van der Waals surface area contributed by atoms with Gasteiger partial charge in [0.2, 0.25) is 11.8 Å². The van der Waals surface area contributed by atoms with Crippen molar-refractivity contribution in [3.63, 3.8) is 0 Å². The number of carbonyl (C=O) groups is 2. The number of nitrogens with one attached hydrogen (secondary N) is 1. The van der Waals surface area contributed by atoms with Crippen LogP contribution in [-0.2, 0) is 22.6 Å². The van der Waals surface area contributed by atoms with E-state index in [1.54, 1.807) is 12.0 Å². The summed E-state index contributed by atoms with van der Waals surface area (Å²) < 4.78 is 5.34. The molecule has 5 nitrogen and oxygen atoms in total. The molecule has 0 saturated heterocycles. The number of benzene rings is 2. The molecule has 1 atom stereocenters. The van der Waals surface area contributed by atoms with Gasteiger partial charge in [0.15, 0.2) is 0 Å². The van der Waals surface area contributed by atoms with E-state index in [-0.39, 0.29) is 11.8 Å². The second kappa shape index (κ2) is 8.04. The van der Waals surface area contributed by atoms with E-state index < -0.39 is 6.04 Å². The third-order valence-electron chi connectivity index (χ3n) is 4.68. The van der Waals surface area contributed by atoms with Crippen molar-refractivity contribution in [3.8, 4) is 5.75 Å². The Morgan fingerprint density at radius 3 is 2.69 bits per heavy atom. The van der Waals surface area contributed by atoms with Gasteiger partial charge in [-0.3, -0.25) is 9.59 Å². The van der Waals surface area contributed by atoms with E-state index in [1.807, 2.05) is 55.5 Å². The van der Waals surface area contributed by atoms with Crippen LogP contribution in [0.15, 0.2) is 48.5 Å². The predicted octanol–water partition coefficient (Wildman–Crippen LogP) is 2.85. The molecule has 1 N–H and O–H groups in total. The minimum absolute atomic E-state index is 0.00277. The van der Waals surface area contributed by atoms with Crippen LogP contribution < -0.4 is 10.1 Å². The van der Waals surface area contributed by atoms with E-state index in [1.165, 1.54) is 0 Å². The van der Waals surface area contributed by atoms with Crippen molar-refractivity contribution in [2.45, 2.75) is 32.4 Å². The number of hydrogen-bond acceptors (Lipinski definition) is 3. The first kappa shape index (κ1) is 18.0. The van der Waals surface area contributed by atoms with Crippen LogP contribution in [-0.4, -0.2) is 30.4 Å². The van der Waals surface area contributed by atoms with Crippen molar-refractivity contribution in [2.75, 3.05) is 13.7 Å². The van der Waals surface area contributed by atoms with Gasteiger partial charge < -0.3 is 15.0 Å². The van der Waals surface area contributed by atoms with E-state index >= 15 is 0 Å². The van der Waals surface area contributed by atoms with Crippen molar-refractivity contribution >= 4 is 11.8 Å². The Hall–Kier alpha value is -2.82. The normalized spacial score (nSPS) is 16.2. The zero-order chi connectivity index (χ0) is 18.5. The SMILES string of the molecule is CCCN1C(=O)Cc2ccccc2[C@H]1C(=O)NCc1ccccc1OC. The number of ether oxygens (including phenoxy) is 1. The van der Waals surface area contributed by atoms with Gasteiger partial charge in [0.25, 0.3) is 0 Å². The maximum atomic E-state index is 13.0. The fourth-order valence-electron chi connectivity index (χ4n) is 3.44. The number of rotatable bonds is 6. The zero-order valence-corrected chi connectivity index (χ0v) is 15.2. The van der Waals surface area contributed by atoms with E-state index in [2.05, 4.69) is 5.32 Å². The molecule has 136 valence electrons. The number of hydrogen-bond donors (Lipinski definition) is 1. The number of para-hydroxylation sites is 1. The molecule has 0 fully saturated rings. The first-order valence-corrected chi connectivity index (χ1v) is 8.92. The highest BCUT2D eigenvalue weighted by Gasteiger charge is 2.36. The summed E-state index contributed by atoms with van der Waals surface area (Å²) >= 11 is 0. The Labute approximate surface area is 154 Å². The first-order valence-electron chi connectivity index (χ1n) is 8.92. The Balaban J connectivity index is 1.84. The molecule has 3 rings (SSSR count). The number of carbonyl (C=O) groups excluding carboxylic acids is 2. The number of amides is 2. The molecule has 1 heterocycles. The molecule has 0 saturated carbocycles. The van der Waals surface area contributed by atoms with Crippen molar-refractivity contribution in [3.05, 3.63) is 65.2 Å². The third-order valence-corrected chi connectivity index (χ3v) is 4.68. The van der Waals surface area contributed by atoms with Crippen LogP contribution in [0, 0.1) is 0 Å². The molecular weight excluding hydrogens is 328 g/mol. The Kier molecular flexibility index (Phi) is 5.56. The van der Waals surface area contributed by atoms with Crippen LogP contribution in [0.3, 0.4) is 0 Å². The van der Waals surface area contributed by atoms with Crippen LogP contribution in [0.5, 0.6) is 5.75 Å². The van der Waals surface area contributed by atoms with Crippen LogP contribution >= 0.6 is 0 Å². The molecule has 0 aliphatic carbocycles. The van der Waals surface area contributed by atoms with Gasteiger partial charge in [0.1, 0.15) is 11.8 Å². The molecule has 2 aromatic carbocycles. The molecule has 0 radical (unpaired) electrons. The minimum Gasteiger partial charge on any atom is -0.496 e. The number of fused-ring (bicyclic) bond motifs is 1. The summed E-state index contributed by atoms with van der Waals surface area (Å²) in [6.07, 6.45) is 1.16. The molecule has 2 amide bonds. The molecule has 0 bridgehead atoms. The molecule has 1 aliphatic rings. The van der Waals surface area contributed by atoms with E-state index in [4.69, 9.17) is 4.74 Å². The summed E-state index contributed by atoms with van der Waals surface area (Å²) in [5.74, 6) is 0.575. The molecule has 0 unspecified atom stereocenters. The van der Waals surface area contributed by atoms with E-state index in [9.17, 15) is 9.59 Å². The molecule has 0 aromatic heterocycles. The van der Waals surface area contributed by atoms with Crippen LogP contribution in [0.1, 0.15) is 36.1 Å². The fourth-order valence-corrected chi connectivity index (χ4v) is 3.44. The second-order valence-electron chi connectivity index (χ2n) is 6.39. The standard InChI is InChI=1S/C21H24N2O3/c1-3-12-23-19(24)13-15-8-4-6-10-17(15)20(23)21(25)22-14-16-9-5-7-11-18(16)26-2/h4-11,20H,3,12-14H2,1-2H3,(H,22,25)/t20-/m0/s1. The van der Waals surface area contributed by atoms with Gasteiger partial charge in [0, 0.05) is 18.7 Å². The van der Waals surface area contributed by atoms with Crippen molar-refractivity contribution in [1.29, 1.82) is 0 Å². The molecule has 0 spiro atoms. The average Bonchev–Trinajstić information content (AvgIpc) is 2.67. The quantitative estimate of drug-likeness (QED) is 0.870. The monoisotopic (exact) mass is 352 g/mol. The van der Waals surface area contributed by atoms with E-state index in [0.717, 1.165) is 28.9 Å². The molecule has 2 aromatic rings. The highest BCUT2D eigenvalue weighted by molar-refractivity contribution is 5.92. The second-order valence-corrected chi connectivity index (χ2v) is 6.39. The maximum absolute atomic E-state index is 13.0. The van der Waals surface area contributed by atoms with Gasteiger partial charge in [0.05, 0.1) is 13.5 Å². The lowest BCUT2D eigenvalue weighted by atomic mass is 9.91. The number of methoxy groups -OCH3 is 1. The molecular formula is C21H24N2O3. The van der Waals surface area contributed by atoms with Crippen molar-refractivity contribution in [2.24, 2.45) is 0 Å². The predicted molar refractivity (Wildman–Crippen MR) is 99.7 cm³/mol. The molecule has 26 heavy (non-hydrogen) atoms. The van der Waals surface area contributed by atoms with Crippen molar-refractivity contribution < 1.29 is 14.3 Å². The lowest BCUT2D eigenvalue weighted by Gasteiger charge is -2.36. The largest absolute Gasteiger partial charge is 0.496 e. The zero-order valence-electron chi connectivity index (χ0n) is 15.2. The smallest absolute Gasteiger partial charge is 0.247 e. The Bertz CT molecular complexity index is 803. The summed E-state index contributed by atoms with van der Waals surface area (Å²) in [7, 11) is 1.61. The van der Waals surface area contributed by atoms with Gasteiger partial charge in [-0.05, 0) is 23.6 Å². The average molecular weight is 352 g/mol. The van der Waals surface area contributed by atoms with Crippen LogP contribution in [0.2, 0.25) is 0 Å². The van der Waals surface area contributed by atoms with Gasteiger partial charge in [-0.1, -0.05) is 49.4 Å². The lowest BCUT2D eigenvalue weighted by Crippen LogP contribution is -2.47. The Morgan fingerprint density at radius 2 is 1.92 bits per heavy atom. The number of nitrogens with zero attached hydrogens (tertiary/aromatic N) is 1. The van der Waals surface area contributed by atoms with Crippen molar-refractivity contribution in [1.82, 2.24) is 10.2 Å². The van der Waals surface area contributed by atoms with Gasteiger partial charge in [-0.25, -0.2) is 0 Å². The summed E-state index contributed by atoms with van der Waals surface area (Å²) in [4.78, 5) is 27.3.